The van der Waals surface area contributed by atoms with Crippen LogP contribution in [0, 0.1) is 10.1 Å². The van der Waals surface area contributed by atoms with Crippen LogP contribution < -0.4 is 5.32 Å². The van der Waals surface area contributed by atoms with Gasteiger partial charge in [0.1, 0.15) is 0 Å². The van der Waals surface area contributed by atoms with Gasteiger partial charge in [0, 0.05) is 35.8 Å². The number of nitrogens with one attached hydrogen (secondary N) is 1. The molecule has 0 radical (unpaired) electrons. The fourth-order valence-electron chi connectivity index (χ4n) is 3.78. The molecule has 0 amide bonds. The molecule has 4 rings (SSSR count). The first kappa shape index (κ1) is 19.1. The molecule has 5 heteroatoms. The summed E-state index contributed by atoms with van der Waals surface area (Å²) >= 11 is 0. The van der Waals surface area contributed by atoms with E-state index in [0.29, 0.717) is 5.92 Å². The maximum atomic E-state index is 10.8. The minimum atomic E-state index is -0.357. The Hall–Kier alpha value is -2.66. The van der Waals surface area contributed by atoms with E-state index in [1.165, 1.54) is 29.3 Å². The fourth-order valence-corrected chi connectivity index (χ4v) is 3.78. The number of para-hydroxylation sites is 1. The molecule has 0 saturated carbocycles. The van der Waals surface area contributed by atoms with E-state index in [-0.39, 0.29) is 10.6 Å². The van der Waals surface area contributed by atoms with Crippen LogP contribution in [0.5, 0.6) is 0 Å². The third-order valence-corrected chi connectivity index (χ3v) is 5.10. The van der Waals surface area contributed by atoms with E-state index in [1.807, 2.05) is 26.0 Å². The lowest BCUT2D eigenvalue weighted by Crippen LogP contribution is -2.26. The predicted molar refractivity (Wildman–Crippen MR) is 110 cm³/mol. The number of nitro benzene ring substituents is 1. The Bertz CT molecular complexity index is 894. The van der Waals surface area contributed by atoms with E-state index in [2.05, 4.69) is 40.3 Å². The van der Waals surface area contributed by atoms with Gasteiger partial charge in [-0.15, -0.1) is 0 Å². The second-order valence-electron chi connectivity index (χ2n) is 6.68. The van der Waals surface area contributed by atoms with Crippen molar-refractivity contribution >= 4 is 16.6 Å². The summed E-state index contributed by atoms with van der Waals surface area (Å²) in [5.74, 6) is 0.601. The monoisotopic (exact) mass is 365 g/mol. The van der Waals surface area contributed by atoms with Crippen LogP contribution in [0.2, 0.25) is 0 Å². The molecule has 142 valence electrons. The Balaban J connectivity index is 0.00000102. The molecular weight excluding hydrogens is 338 g/mol. The highest BCUT2D eigenvalue weighted by molar-refractivity contribution is 5.84. The summed E-state index contributed by atoms with van der Waals surface area (Å²) in [6.45, 7) is 6.88. The van der Waals surface area contributed by atoms with Gasteiger partial charge in [0.15, 0.2) is 0 Å². The summed E-state index contributed by atoms with van der Waals surface area (Å²) in [6, 6.07) is 15.4. The average molecular weight is 365 g/mol. The van der Waals surface area contributed by atoms with E-state index in [0.717, 1.165) is 25.2 Å². The van der Waals surface area contributed by atoms with Crippen LogP contribution in [0.15, 0.2) is 54.7 Å². The van der Waals surface area contributed by atoms with Crippen molar-refractivity contribution in [3.63, 3.8) is 0 Å². The Morgan fingerprint density at radius 3 is 2.41 bits per heavy atom. The smallest absolute Gasteiger partial charge is 0.269 e. The maximum Gasteiger partial charge on any atom is 0.269 e. The largest absolute Gasteiger partial charge is 0.343 e. The van der Waals surface area contributed by atoms with Crippen LogP contribution in [0.3, 0.4) is 0 Å². The molecule has 27 heavy (non-hydrogen) atoms. The quantitative estimate of drug-likeness (QED) is 0.517. The van der Waals surface area contributed by atoms with Crippen LogP contribution in [0.25, 0.3) is 10.9 Å². The van der Waals surface area contributed by atoms with Crippen molar-refractivity contribution in [2.45, 2.75) is 39.2 Å². The van der Waals surface area contributed by atoms with Gasteiger partial charge in [0.25, 0.3) is 5.69 Å². The van der Waals surface area contributed by atoms with Crippen molar-refractivity contribution in [1.82, 2.24) is 9.88 Å². The van der Waals surface area contributed by atoms with Gasteiger partial charge in [-0.2, -0.15) is 0 Å². The Kier molecular flexibility index (Phi) is 6.24. The maximum absolute atomic E-state index is 10.8. The van der Waals surface area contributed by atoms with Crippen molar-refractivity contribution in [2.75, 3.05) is 13.1 Å². The number of nitro groups is 1. The second kappa shape index (κ2) is 8.82. The molecule has 2 heterocycles. The first-order chi connectivity index (χ1) is 13.2. The zero-order valence-electron chi connectivity index (χ0n) is 16.0. The minimum Gasteiger partial charge on any atom is -0.343 e. The first-order valence-corrected chi connectivity index (χ1v) is 9.74. The SMILES string of the molecule is CC.O=[N+]([O-])c1ccc(Cn2cc(C3CCNCC3)c3ccccc32)cc1. The molecule has 0 atom stereocenters. The number of aromatic nitrogens is 1. The fraction of sp³-hybridized carbons (Fsp3) is 0.364. The van der Waals surface area contributed by atoms with E-state index >= 15 is 0 Å². The molecule has 1 fully saturated rings. The third-order valence-electron chi connectivity index (χ3n) is 5.10. The summed E-state index contributed by atoms with van der Waals surface area (Å²) in [4.78, 5) is 10.5. The van der Waals surface area contributed by atoms with Crippen molar-refractivity contribution < 1.29 is 4.92 Å². The zero-order valence-corrected chi connectivity index (χ0v) is 16.0. The normalized spacial score (nSPS) is 14.6. The molecule has 1 aliphatic heterocycles. The lowest BCUT2D eigenvalue weighted by Gasteiger charge is -2.22. The first-order valence-electron chi connectivity index (χ1n) is 9.74. The number of hydrogen-bond acceptors (Lipinski definition) is 3. The highest BCUT2D eigenvalue weighted by Gasteiger charge is 2.20. The minimum absolute atomic E-state index is 0.136. The zero-order chi connectivity index (χ0) is 19.2. The molecule has 1 aliphatic rings. The summed E-state index contributed by atoms with van der Waals surface area (Å²) in [5, 5.41) is 15.6. The molecule has 5 nitrogen and oxygen atoms in total. The number of piperidine rings is 1. The van der Waals surface area contributed by atoms with Crippen molar-refractivity contribution in [1.29, 1.82) is 0 Å². The number of non-ortho nitro benzene ring substituents is 1. The van der Waals surface area contributed by atoms with E-state index in [4.69, 9.17) is 0 Å². The van der Waals surface area contributed by atoms with Crippen LogP contribution >= 0.6 is 0 Å². The molecule has 0 aliphatic carbocycles. The number of fused-ring (bicyclic) bond motifs is 1. The second-order valence-corrected chi connectivity index (χ2v) is 6.68. The molecule has 0 unspecified atom stereocenters. The van der Waals surface area contributed by atoms with E-state index < -0.39 is 0 Å². The summed E-state index contributed by atoms with van der Waals surface area (Å²) in [5.41, 5.74) is 3.87. The summed E-state index contributed by atoms with van der Waals surface area (Å²) < 4.78 is 2.27. The molecule has 1 aromatic heterocycles. The van der Waals surface area contributed by atoms with Gasteiger partial charge in [0.2, 0.25) is 0 Å². The lowest BCUT2D eigenvalue weighted by atomic mass is 9.90. The number of benzene rings is 2. The molecular formula is C22H27N3O2. The van der Waals surface area contributed by atoms with Crippen LogP contribution in [0.1, 0.15) is 43.7 Å². The third kappa shape index (κ3) is 4.19. The van der Waals surface area contributed by atoms with E-state index in [1.54, 1.807) is 12.1 Å². The number of hydrogen-bond donors (Lipinski definition) is 1. The van der Waals surface area contributed by atoms with Crippen molar-refractivity contribution in [3.8, 4) is 0 Å². The van der Waals surface area contributed by atoms with Crippen LogP contribution in [-0.4, -0.2) is 22.6 Å². The van der Waals surface area contributed by atoms with Crippen molar-refractivity contribution in [2.24, 2.45) is 0 Å². The molecule has 0 spiro atoms. The van der Waals surface area contributed by atoms with Gasteiger partial charge in [0.05, 0.1) is 4.92 Å². The summed E-state index contributed by atoms with van der Waals surface area (Å²) in [6.07, 6.45) is 4.62. The molecule has 1 saturated heterocycles. The van der Waals surface area contributed by atoms with Gasteiger partial charge < -0.3 is 9.88 Å². The molecule has 3 aromatic rings. The van der Waals surface area contributed by atoms with Gasteiger partial charge in [-0.1, -0.05) is 44.2 Å². The van der Waals surface area contributed by atoms with E-state index in [9.17, 15) is 10.1 Å². The van der Waals surface area contributed by atoms with Crippen LogP contribution in [-0.2, 0) is 6.54 Å². The lowest BCUT2D eigenvalue weighted by molar-refractivity contribution is -0.384. The highest BCUT2D eigenvalue weighted by Crippen LogP contribution is 2.33. The Labute approximate surface area is 160 Å². The van der Waals surface area contributed by atoms with Gasteiger partial charge in [-0.3, -0.25) is 10.1 Å². The predicted octanol–water partition coefficient (Wildman–Crippen LogP) is 5.09. The number of rotatable bonds is 4. The average Bonchev–Trinajstić information content (AvgIpc) is 3.09. The highest BCUT2D eigenvalue weighted by atomic mass is 16.6. The number of nitrogens with zero attached hydrogens (tertiary/aromatic N) is 2. The topological polar surface area (TPSA) is 60.1 Å². The summed E-state index contributed by atoms with van der Waals surface area (Å²) in [7, 11) is 0. The van der Waals surface area contributed by atoms with Gasteiger partial charge in [-0.05, 0) is 49.0 Å². The van der Waals surface area contributed by atoms with Gasteiger partial charge >= 0.3 is 0 Å². The Morgan fingerprint density at radius 2 is 1.74 bits per heavy atom. The molecule has 1 N–H and O–H groups in total. The Morgan fingerprint density at radius 1 is 1.07 bits per heavy atom. The molecule has 0 bridgehead atoms. The standard InChI is InChI=1S/C20H21N3O2.C2H6/c24-23(25)17-7-5-15(6-8-17)13-22-14-19(16-9-11-21-12-10-16)18-3-1-2-4-20(18)22;1-2/h1-8,14,16,21H,9-13H2;1-2H3. The van der Waals surface area contributed by atoms with Gasteiger partial charge in [-0.25, -0.2) is 0 Å². The van der Waals surface area contributed by atoms with Crippen LogP contribution in [0.4, 0.5) is 5.69 Å². The van der Waals surface area contributed by atoms with Crippen molar-refractivity contribution in [3.05, 3.63) is 76.0 Å². The molecule has 2 aromatic carbocycles.